The van der Waals surface area contributed by atoms with E-state index in [9.17, 15) is 9.18 Å². The van der Waals surface area contributed by atoms with Crippen LogP contribution in [0.25, 0.3) is 0 Å². The van der Waals surface area contributed by atoms with E-state index >= 15 is 0 Å². The lowest BCUT2D eigenvalue weighted by atomic mass is 10.6. The summed E-state index contributed by atoms with van der Waals surface area (Å²) < 4.78 is 18.5. The highest BCUT2D eigenvalue weighted by atomic mass is 19.1. The van der Waals surface area contributed by atoms with E-state index in [-0.39, 0.29) is 6.61 Å². The lowest BCUT2D eigenvalue weighted by Gasteiger charge is -2.07. The van der Waals surface area contributed by atoms with Crippen LogP contribution < -0.4 is 0 Å². The number of aromatic nitrogens is 2. The van der Waals surface area contributed by atoms with Crippen molar-refractivity contribution in [1.82, 2.24) is 9.55 Å². The largest absolute Gasteiger partial charge is 0.462 e. The van der Waals surface area contributed by atoms with Gasteiger partial charge in [0, 0.05) is 12.4 Å². The first kappa shape index (κ1) is 8.70. The third kappa shape index (κ3) is 1.81. The van der Waals surface area contributed by atoms with E-state index in [1.54, 1.807) is 6.92 Å². The van der Waals surface area contributed by atoms with Gasteiger partial charge in [0.05, 0.1) is 12.9 Å². The van der Waals surface area contributed by atoms with Crippen molar-refractivity contribution in [1.29, 1.82) is 0 Å². The molecule has 4 nitrogen and oxygen atoms in total. The van der Waals surface area contributed by atoms with Crippen molar-refractivity contribution >= 4 is 5.97 Å². The molecule has 0 N–H and O–H groups in total. The fourth-order valence-corrected chi connectivity index (χ4v) is 0.736. The maximum atomic E-state index is 13.0. The molecule has 0 radical (unpaired) electrons. The second-order valence-electron chi connectivity index (χ2n) is 2.10. The first-order chi connectivity index (χ1) is 5.75. The number of halogens is 1. The van der Waals surface area contributed by atoms with Crippen molar-refractivity contribution in [3.63, 3.8) is 0 Å². The summed E-state index contributed by atoms with van der Waals surface area (Å²) >= 11 is 0. The van der Waals surface area contributed by atoms with Crippen molar-refractivity contribution in [3.8, 4) is 0 Å². The Hall–Kier alpha value is -1.39. The van der Waals surface area contributed by atoms with Gasteiger partial charge in [-0.1, -0.05) is 0 Å². The van der Waals surface area contributed by atoms with Crippen LogP contribution in [-0.4, -0.2) is 22.1 Å². The zero-order valence-corrected chi connectivity index (χ0v) is 6.61. The van der Waals surface area contributed by atoms with Crippen molar-refractivity contribution < 1.29 is 13.9 Å². The zero-order valence-electron chi connectivity index (χ0n) is 6.61. The molecule has 1 aromatic heterocycles. The number of rotatable bonds is 3. The van der Waals surface area contributed by atoms with Gasteiger partial charge in [-0.3, -0.25) is 4.57 Å². The summed E-state index contributed by atoms with van der Waals surface area (Å²) in [6.07, 6.45) is 2.20. The molecule has 1 aromatic rings. The van der Waals surface area contributed by atoms with Gasteiger partial charge in [-0.25, -0.2) is 14.2 Å². The Labute approximate surface area is 69.0 Å². The van der Waals surface area contributed by atoms with Crippen LogP contribution in [0.3, 0.4) is 0 Å². The van der Waals surface area contributed by atoms with Gasteiger partial charge < -0.3 is 4.74 Å². The molecule has 0 saturated heterocycles. The molecule has 0 aromatic carbocycles. The first-order valence-electron chi connectivity index (χ1n) is 3.54. The number of ether oxygens (including phenoxy) is 1. The monoisotopic (exact) mass is 172 g/mol. The van der Waals surface area contributed by atoms with Crippen LogP contribution in [0.5, 0.6) is 0 Å². The average Bonchev–Trinajstić information content (AvgIpc) is 2.55. The third-order valence-electron chi connectivity index (χ3n) is 1.27. The van der Waals surface area contributed by atoms with Crippen LogP contribution in [0.4, 0.5) is 4.39 Å². The topological polar surface area (TPSA) is 44.1 Å². The molecule has 12 heavy (non-hydrogen) atoms. The normalized spacial score (nSPS) is 12.5. The highest BCUT2D eigenvalue weighted by Crippen LogP contribution is 2.08. The molecule has 1 atom stereocenters. The van der Waals surface area contributed by atoms with Crippen LogP contribution >= 0.6 is 0 Å². The number of nitrogens with zero attached hydrogens (tertiary/aromatic N) is 2. The average molecular weight is 172 g/mol. The summed E-state index contributed by atoms with van der Waals surface area (Å²) in [5, 5.41) is 0. The number of hydrogen-bond donors (Lipinski definition) is 0. The van der Waals surface area contributed by atoms with Crippen LogP contribution in [-0.2, 0) is 9.53 Å². The van der Waals surface area contributed by atoms with E-state index in [2.05, 4.69) is 9.72 Å². The van der Waals surface area contributed by atoms with Crippen LogP contribution in [0, 0.1) is 0 Å². The Morgan fingerprint density at radius 1 is 1.83 bits per heavy atom. The molecular formula is C7H9FN2O2. The standard InChI is InChI=1S/C7H9FN2O2/c1-2-12-7(11)6(8)10-4-3-9-5-10/h3-6H,2H2,1H3. The fraction of sp³-hybridized carbons (Fsp3) is 0.429. The number of alkyl halides is 1. The minimum absolute atomic E-state index is 0.175. The maximum Gasteiger partial charge on any atom is 0.362 e. The predicted molar refractivity (Wildman–Crippen MR) is 39.0 cm³/mol. The third-order valence-corrected chi connectivity index (χ3v) is 1.27. The minimum atomic E-state index is -1.78. The van der Waals surface area contributed by atoms with E-state index in [4.69, 9.17) is 0 Å². The summed E-state index contributed by atoms with van der Waals surface area (Å²) in [6, 6.07) is 0. The molecule has 0 bridgehead atoms. The van der Waals surface area contributed by atoms with Crippen LogP contribution in [0.1, 0.15) is 13.2 Å². The summed E-state index contributed by atoms with van der Waals surface area (Å²) in [5.41, 5.74) is 0. The van der Waals surface area contributed by atoms with Crippen LogP contribution in [0.2, 0.25) is 0 Å². The van der Waals surface area contributed by atoms with Crippen molar-refractivity contribution in [2.45, 2.75) is 13.2 Å². The Kier molecular flexibility index (Phi) is 2.79. The van der Waals surface area contributed by atoms with E-state index < -0.39 is 12.3 Å². The summed E-state index contributed by atoms with van der Waals surface area (Å²) in [6.45, 7) is 1.80. The van der Waals surface area contributed by atoms with Gasteiger partial charge in [-0.05, 0) is 6.92 Å². The molecule has 0 aliphatic carbocycles. The number of carbonyl (C=O) groups is 1. The van der Waals surface area contributed by atoms with Gasteiger partial charge in [0.1, 0.15) is 0 Å². The SMILES string of the molecule is CCOC(=O)C(F)n1ccnc1. The summed E-state index contributed by atoms with van der Waals surface area (Å²) in [4.78, 5) is 14.4. The number of carbonyl (C=O) groups excluding carboxylic acids is 1. The Morgan fingerprint density at radius 2 is 2.58 bits per heavy atom. The molecule has 0 aliphatic rings. The Bertz CT molecular complexity index is 248. The van der Waals surface area contributed by atoms with Gasteiger partial charge in [0.15, 0.2) is 0 Å². The number of hydrogen-bond acceptors (Lipinski definition) is 3. The van der Waals surface area contributed by atoms with Crippen molar-refractivity contribution in [3.05, 3.63) is 18.7 Å². The molecule has 0 saturated carbocycles. The number of imidazole rings is 1. The minimum Gasteiger partial charge on any atom is -0.462 e. The molecule has 1 unspecified atom stereocenters. The summed E-state index contributed by atoms with van der Waals surface area (Å²) in [5.74, 6) is -0.893. The molecule has 1 heterocycles. The molecule has 0 spiro atoms. The molecule has 1 rings (SSSR count). The lowest BCUT2D eigenvalue weighted by Crippen LogP contribution is -2.16. The van der Waals surface area contributed by atoms with E-state index in [1.807, 2.05) is 0 Å². The quantitative estimate of drug-likeness (QED) is 0.636. The molecular weight excluding hydrogens is 163 g/mol. The van der Waals surface area contributed by atoms with Gasteiger partial charge >= 0.3 is 5.97 Å². The van der Waals surface area contributed by atoms with E-state index in [0.29, 0.717) is 0 Å². The highest BCUT2D eigenvalue weighted by Gasteiger charge is 2.19. The molecule has 66 valence electrons. The second kappa shape index (κ2) is 3.85. The molecule has 0 fully saturated rings. The number of esters is 1. The Morgan fingerprint density at radius 3 is 3.08 bits per heavy atom. The first-order valence-corrected chi connectivity index (χ1v) is 3.54. The fourth-order valence-electron chi connectivity index (χ4n) is 0.736. The van der Waals surface area contributed by atoms with Gasteiger partial charge in [-0.2, -0.15) is 0 Å². The smallest absolute Gasteiger partial charge is 0.362 e. The van der Waals surface area contributed by atoms with E-state index in [1.165, 1.54) is 18.7 Å². The second-order valence-corrected chi connectivity index (χ2v) is 2.10. The molecule has 5 heteroatoms. The lowest BCUT2D eigenvalue weighted by molar-refractivity contribution is -0.152. The highest BCUT2D eigenvalue weighted by molar-refractivity contribution is 5.72. The molecule has 0 aliphatic heterocycles. The van der Waals surface area contributed by atoms with Gasteiger partial charge in [0.25, 0.3) is 6.30 Å². The summed E-state index contributed by atoms with van der Waals surface area (Å²) in [7, 11) is 0. The van der Waals surface area contributed by atoms with Crippen molar-refractivity contribution in [2.75, 3.05) is 6.61 Å². The predicted octanol–water partition coefficient (Wildman–Crippen LogP) is 0.914. The zero-order chi connectivity index (χ0) is 8.97. The van der Waals surface area contributed by atoms with E-state index in [0.717, 1.165) is 4.57 Å². The van der Waals surface area contributed by atoms with Crippen molar-refractivity contribution in [2.24, 2.45) is 0 Å². The Balaban J connectivity index is 2.59. The van der Waals surface area contributed by atoms with Gasteiger partial charge in [-0.15, -0.1) is 0 Å². The maximum absolute atomic E-state index is 13.0. The van der Waals surface area contributed by atoms with Gasteiger partial charge in [0.2, 0.25) is 0 Å². The van der Waals surface area contributed by atoms with Crippen LogP contribution in [0.15, 0.2) is 18.7 Å². The molecule has 0 amide bonds.